The van der Waals surface area contributed by atoms with Crippen LogP contribution in [0, 0.1) is 11.3 Å². The Morgan fingerprint density at radius 2 is 2.35 bits per heavy atom. The standard InChI is InChI=1S/C15H19N3O2/c1-2-7-17-15(19)14-11-20-9-8-18(14)13-6-4-3-5-12(13)10-16/h3-6,14H,2,7-9,11H2,1H3,(H,17,19). The van der Waals surface area contributed by atoms with Crippen LogP contribution in [0.4, 0.5) is 5.69 Å². The van der Waals surface area contributed by atoms with Crippen LogP contribution in [0.2, 0.25) is 0 Å². The summed E-state index contributed by atoms with van der Waals surface area (Å²) in [5.41, 5.74) is 1.39. The molecule has 1 amide bonds. The largest absolute Gasteiger partial charge is 0.377 e. The number of anilines is 1. The van der Waals surface area contributed by atoms with Gasteiger partial charge in [-0.25, -0.2) is 0 Å². The molecule has 1 saturated heterocycles. The first-order valence-electron chi connectivity index (χ1n) is 6.89. The van der Waals surface area contributed by atoms with Gasteiger partial charge in [0, 0.05) is 13.1 Å². The van der Waals surface area contributed by atoms with Crippen molar-refractivity contribution in [3.63, 3.8) is 0 Å². The number of amides is 1. The van der Waals surface area contributed by atoms with Crippen molar-refractivity contribution in [1.82, 2.24) is 5.32 Å². The van der Waals surface area contributed by atoms with Crippen LogP contribution in [-0.4, -0.2) is 38.3 Å². The lowest BCUT2D eigenvalue weighted by molar-refractivity contribution is -0.124. The second-order valence-electron chi connectivity index (χ2n) is 4.70. The lowest BCUT2D eigenvalue weighted by atomic mass is 10.1. The lowest BCUT2D eigenvalue weighted by Gasteiger charge is -2.36. The zero-order chi connectivity index (χ0) is 14.4. The smallest absolute Gasteiger partial charge is 0.245 e. The molecule has 0 bridgehead atoms. The summed E-state index contributed by atoms with van der Waals surface area (Å²) in [5, 5.41) is 12.1. The zero-order valence-electron chi connectivity index (χ0n) is 11.6. The summed E-state index contributed by atoms with van der Waals surface area (Å²) in [5.74, 6) is -0.0423. The summed E-state index contributed by atoms with van der Waals surface area (Å²) >= 11 is 0. The van der Waals surface area contributed by atoms with Gasteiger partial charge in [-0.1, -0.05) is 19.1 Å². The summed E-state index contributed by atoms with van der Waals surface area (Å²) in [6.45, 7) is 4.21. The molecule has 0 aromatic heterocycles. The summed E-state index contributed by atoms with van der Waals surface area (Å²) in [4.78, 5) is 14.2. The van der Waals surface area contributed by atoms with Gasteiger partial charge in [0.15, 0.2) is 0 Å². The van der Waals surface area contributed by atoms with E-state index in [4.69, 9.17) is 4.74 Å². The summed E-state index contributed by atoms with van der Waals surface area (Å²) < 4.78 is 5.42. The first-order chi connectivity index (χ1) is 9.77. The third-order valence-electron chi connectivity index (χ3n) is 3.31. The van der Waals surface area contributed by atoms with Crippen LogP contribution in [0.15, 0.2) is 24.3 Å². The normalized spacial score (nSPS) is 18.4. The highest BCUT2D eigenvalue weighted by atomic mass is 16.5. The van der Waals surface area contributed by atoms with Crippen LogP contribution in [-0.2, 0) is 9.53 Å². The molecule has 1 aliphatic heterocycles. The number of rotatable bonds is 4. The van der Waals surface area contributed by atoms with E-state index in [-0.39, 0.29) is 11.9 Å². The van der Waals surface area contributed by atoms with Crippen molar-refractivity contribution in [2.45, 2.75) is 19.4 Å². The predicted molar refractivity (Wildman–Crippen MR) is 76.4 cm³/mol. The van der Waals surface area contributed by atoms with Gasteiger partial charge in [0.25, 0.3) is 0 Å². The molecule has 1 heterocycles. The molecule has 0 saturated carbocycles. The van der Waals surface area contributed by atoms with E-state index in [0.717, 1.165) is 12.1 Å². The molecule has 1 aliphatic rings. The van der Waals surface area contributed by atoms with E-state index in [9.17, 15) is 10.1 Å². The Kier molecular flexibility index (Phi) is 4.97. The van der Waals surface area contributed by atoms with Crippen LogP contribution in [0.25, 0.3) is 0 Å². The third kappa shape index (κ3) is 3.09. The van der Waals surface area contributed by atoms with Gasteiger partial charge in [-0.15, -0.1) is 0 Å². The van der Waals surface area contributed by atoms with Gasteiger partial charge in [0.1, 0.15) is 12.1 Å². The first kappa shape index (κ1) is 14.4. The molecule has 1 aromatic carbocycles. The number of carbonyl (C=O) groups excluding carboxylic acids is 1. The number of nitrogens with zero attached hydrogens (tertiary/aromatic N) is 2. The molecular weight excluding hydrogens is 254 g/mol. The van der Waals surface area contributed by atoms with Crippen molar-refractivity contribution in [2.75, 3.05) is 31.2 Å². The van der Waals surface area contributed by atoms with Gasteiger partial charge >= 0.3 is 0 Å². The molecule has 0 radical (unpaired) electrons. The molecule has 1 N–H and O–H groups in total. The Hall–Kier alpha value is -2.06. The van der Waals surface area contributed by atoms with Gasteiger partial charge in [-0.3, -0.25) is 4.79 Å². The summed E-state index contributed by atoms with van der Waals surface area (Å²) in [6, 6.07) is 9.17. The fourth-order valence-electron chi connectivity index (χ4n) is 2.29. The monoisotopic (exact) mass is 273 g/mol. The molecule has 5 nitrogen and oxygen atoms in total. The van der Waals surface area contributed by atoms with Crippen molar-refractivity contribution in [3.05, 3.63) is 29.8 Å². The van der Waals surface area contributed by atoms with E-state index < -0.39 is 0 Å². The number of para-hydroxylation sites is 1. The maximum atomic E-state index is 12.2. The number of ether oxygens (including phenoxy) is 1. The fraction of sp³-hybridized carbons (Fsp3) is 0.467. The molecule has 20 heavy (non-hydrogen) atoms. The van der Waals surface area contributed by atoms with E-state index in [1.807, 2.05) is 30.0 Å². The molecule has 1 unspecified atom stereocenters. The van der Waals surface area contributed by atoms with Gasteiger partial charge in [0.2, 0.25) is 5.91 Å². The molecule has 2 rings (SSSR count). The maximum absolute atomic E-state index is 12.2. The molecule has 0 aliphatic carbocycles. The summed E-state index contributed by atoms with van der Waals surface area (Å²) in [7, 11) is 0. The molecule has 1 atom stereocenters. The van der Waals surface area contributed by atoms with Crippen molar-refractivity contribution >= 4 is 11.6 Å². The molecule has 0 spiro atoms. The highest BCUT2D eigenvalue weighted by molar-refractivity contribution is 5.86. The Balaban J connectivity index is 2.22. The number of benzene rings is 1. The third-order valence-corrected chi connectivity index (χ3v) is 3.31. The Bertz CT molecular complexity index is 510. The topological polar surface area (TPSA) is 65.4 Å². The van der Waals surface area contributed by atoms with Crippen LogP contribution in [0.5, 0.6) is 0 Å². The Morgan fingerprint density at radius 1 is 1.55 bits per heavy atom. The van der Waals surface area contributed by atoms with E-state index in [1.54, 1.807) is 6.07 Å². The fourth-order valence-corrected chi connectivity index (χ4v) is 2.29. The van der Waals surface area contributed by atoms with E-state index >= 15 is 0 Å². The molecule has 1 fully saturated rings. The van der Waals surface area contributed by atoms with Crippen molar-refractivity contribution in [1.29, 1.82) is 5.26 Å². The Labute approximate surface area is 119 Å². The van der Waals surface area contributed by atoms with Gasteiger partial charge in [-0.2, -0.15) is 5.26 Å². The molecule has 1 aromatic rings. The second kappa shape index (κ2) is 6.92. The quantitative estimate of drug-likeness (QED) is 0.897. The minimum Gasteiger partial charge on any atom is -0.377 e. The van der Waals surface area contributed by atoms with E-state index in [1.165, 1.54) is 0 Å². The molecular formula is C15H19N3O2. The van der Waals surface area contributed by atoms with Crippen LogP contribution in [0.1, 0.15) is 18.9 Å². The maximum Gasteiger partial charge on any atom is 0.245 e. The van der Waals surface area contributed by atoms with Crippen LogP contribution in [0.3, 0.4) is 0 Å². The minimum absolute atomic E-state index is 0.0423. The van der Waals surface area contributed by atoms with Gasteiger partial charge < -0.3 is 15.0 Å². The highest BCUT2D eigenvalue weighted by Gasteiger charge is 2.30. The SMILES string of the molecule is CCCNC(=O)C1COCCN1c1ccccc1C#N. The second-order valence-corrected chi connectivity index (χ2v) is 4.70. The lowest BCUT2D eigenvalue weighted by Crippen LogP contribution is -2.54. The average molecular weight is 273 g/mol. The summed E-state index contributed by atoms with van der Waals surface area (Å²) in [6.07, 6.45) is 0.897. The van der Waals surface area contributed by atoms with E-state index in [2.05, 4.69) is 11.4 Å². The number of morpholine rings is 1. The number of nitriles is 1. The zero-order valence-corrected chi connectivity index (χ0v) is 11.6. The number of hydrogen-bond donors (Lipinski definition) is 1. The van der Waals surface area contributed by atoms with Gasteiger partial charge in [-0.05, 0) is 18.6 Å². The number of nitrogens with one attached hydrogen (secondary N) is 1. The van der Waals surface area contributed by atoms with Crippen LogP contribution < -0.4 is 10.2 Å². The molecule has 5 heteroatoms. The van der Waals surface area contributed by atoms with Crippen molar-refractivity contribution in [2.24, 2.45) is 0 Å². The first-order valence-corrected chi connectivity index (χ1v) is 6.89. The Morgan fingerprint density at radius 3 is 3.10 bits per heavy atom. The van der Waals surface area contributed by atoms with Crippen molar-refractivity contribution in [3.8, 4) is 6.07 Å². The van der Waals surface area contributed by atoms with Crippen LogP contribution >= 0.6 is 0 Å². The predicted octanol–water partition coefficient (Wildman–Crippen LogP) is 1.29. The average Bonchev–Trinajstić information content (AvgIpc) is 2.52. The molecule has 106 valence electrons. The number of hydrogen-bond acceptors (Lipinski definition) is 4. The van der Waals surface area contributed by atoms with E-state index in [0.29, 0.717) is 31.9 Å². The minimum atomic E-state index is -0.371. The number of carbonyl (C=O) groups is 1. The van der Waals surface area contributed by atoms with Crippen molar-refractivity contribution < 1.29 is 9.53 Å². The highest BCUT2D eigenvalue weighted by Crippen LogP contribution is 2.23. The van der Waals surface area contributed by atoms with Gasteiger partial charge in [0.05, 0.1) is 24.5 Å².